The molecule has 0 atom stereocenters. The van der Waals surface area contributed by atoms with E-state index in [1.807, 2.05) is 0 Å². The predicted octanol–water partition coefficient (Wildman–Crippen LogP) is 5.10. The highest BCUT2D eigenvalue weighted by molar-refractivity contribution is 9.13. The molecular weight excluding hydrogens is 371 g/mol. The second kappa shape index (κ2) is 4.58. The van der Waals surface area contributed by atoms with Gasteiger partial charge >= 0.3 is 5.51 Å². The largest absolute Gasteiger partial charge is 0.446 e. The van der Waals surface area contributed by atoms with Crippen LogP contribution in [0.3, 0.4) is 0 Å². The van der Waals surface area contributed by atoms with E-state index in [1.54, 1.807) is 0 Å². The molecule has 15 heavy (non-hydrogen) atoms. The number of halogens is 7. The van der Waals surface area contributed by atoms with Gasteiger partial charge in [0, 0.05) is 8.95 Å². The van der Waals surface area contributed by atoms with E-state index in [-0.39, 0.29) is 8.95 Å². The summed E-state index contributed by atoms with van der Waals surface area (Å²) in [6.45, 7) is 0. The third-order valence-corrected chi connectivity index (χ3v) is 4.35. The van der Waals surface area contributed by atoms with Crippen molar-refractivity contribution >= 4 is 43.6 Å². The first-order chi connectivity index (χ1) is 6.72. The SMILES string of the molecule is Fc1cc(Br)c(Br)c(SC(F)(F)F)c1F. The lowest BCUT2D eigenvalue weighted by molar-refractivity contribution is -0.0329. The first kappa shape index (κ1) is 13.2. The van der Waals surface area contributed by atoms with Crippen LogP contribution in [0.25, 0.3) is 0 Å². The van der Waals surface area contributed by atoms with E-state index in [0.29, 0.717) is 0 Å². The van der Waals surface area contributed by atoms with Gasteiger partial charge in [0.15, 0.2) is 11.6 Å². The molecule has 0 radical (unpaired) electrons. The van der Waals surface area contributed by atoms with Crippen molar-refractivity contribution in [2.45, 2.75) is 10.4 Å². The summed E-state index contributed by atoms with van der Waals surface area (Å²) in [6.07, 6.45) is 0. The highest BCUT2D eigenvalue weighted by Crippen LogP contribution is 2.44. The average molecular weight is 372 g/mol. The molecule has 84 valence electrons. The van der Waals surface area contributed by atoms with Gasteiger partial charge in [-0.25, -0.2) is 8.78 Å². The molecule has 0 aliphatic carbocycles. The maximum atomic E-state index is 13.0. The summed E-state index contributed by atoms with van der Waals surface area (Å²) >= 11 is 4.84. The molecular formula is C7HBr2F5S. The molecule has 0 heterocycles. The van der Waals surface area contributed by atoms with Gasteiger partial charge in [0.05, 0.1) is 4.90 Å². The van der Waals surface area contributed by atoms with Crippen LogP contribution in [0.5, 0.6) is 0 Å². The quantitative estimate of drug-likeness (QED) is 0.376. The normalized spacial score (nSPS) is 11.9. The molecule has 1 rings (SSSR count). The second-order valence-electron chi connectivity index (χ2n) is 2.35. The maximum Gasteiger partial charge on any atom is 0.446 e. The summed E-state index contributed by atoms with van der Waals surface area (Å²) in [5.41, 5.74) is -4.67. The molecule has 0 fully saturated rings. The zero-order valence-electron chi connectivity index (χ0n) is 6.63. The van der Waals surface area contributed by atoms with Gasteiger partial charge in [-0.1, -0.05) is 0 Å². The molecule has 0 aliphatic heterocycles. The summed E-state index contributed by atoms with van der Waals surface area (Å²) in [5, 5.41) is 0. The zero-order valence-corrected chi connectivity index (χ0v) is 10.6. The molecule has 1 aromatic carbocycles. The average Bonchev–Trinajstić information content (AvgIpc) is 2.08. The van der Waals surface area contributed by atoms with E-state index in [9.17, 15) is 22.0 Å². The number of thioether (sulfide) groups is 1. The van der Waals surface area contributed by atoms with E-state index in [1.165, 1.54) is 0 Å². The van der Waals surface area contributed by atoms with Crippen molar-refractivity contribution in [3.05, 3.63) is 26.6 Å². The lowest BCUT2D eigenvalue weighted by Gasteiger charge is -2.10. The van der Waals surface area contributed by atoms with Crippen LogP contribution in [-0.2, 0) is 0 Å². The molecule has 0 spiro atoms. The highest BCUT2D eigenvalue weighted by atomic mass is 79.9. The monoisotopic (exact) mass is 370 g/mol. The first-order valence-corrected chi connectivity index (χ1v) is 5.71. The lowest BCUT2D eigenvalue weighted by Crippen LogP contribution is -2.02. The van der Waals surface area contributed by atoms with Crippen molar-refractivity contribution in [1.29, 1.82) is 0 Å². The fourth-order valence-corrected chi connectivity index (χ4v) is 2.44. The van der Waals surface area contributed by atoms with E-state index in [4.69, 9.17) is 0 Å². The van der Waals surface area contributed by atoms with Crippen LogP contribution in [0.4, 0.5) is 22.0 Å². The predicted molar refractivity (Wildman–Crippen MR) is 53.7 cm³/mol. The second-order valence-corrected chi connectivity index (χ2v) is 5.07. The van der Waals surface area contributed by atoms with Crippen molar-refractivity contribution in [3.8, 4) is 0 Å². The Morgan fingerprint density at radius 1 is 1.13 bits per heavy atom. The third kappa shape index (κ3) is 3.32. The van der Waals surface area contributed by atoms with Gasteiger partial charge in [0.25, 0.3) is 0 Å². The van der Waals surface area contributed by atoms with Gasteiger partial charge in [0.1, 0.15) is 0 Å². The Hall–Kier alpha value is 0.180. The Balaban J connectivity index is 3.27. The van der Waals surface area contributed by atoms with Crippen LogP contribution in [0.1, 0.15) is 0 Å². The van der Waals surface area contributed by atoms with E-state index in [2.05, 4.69) is 31.9 Å². The first-order valence-electron chi connectivity index (χ1n) is 3.31. The van der Waals surface area contributed by atoms with Crippen LogP contribution in [0, 0.1) is 11.6 Å². The van der Waals surface area contributed by atoms with Crippen molar-refractivity contribution in [2.75, 3.05) is 0 Å². The van der Waals surface area contributed by atoms with Crippen LogP contribution in [0.15, 0.2) is 19.9 Å². The van der Waals surface area contributed by atoms with Crippen LogP contribution < -0.4 is 0 Å². The van der Waals surface area contributed by atoms with Gasteiger partial charge in [-0.05, 0) is 49.7 Å². The number of hydrogen-bond acceptors (Lipinski definition) is 1. The van der Waals surface area contributed by atoms with Crippen molar-refractivity contribution in [3.63, 3.8) is 0 Å². The highest BCUT2D eigenvalue weighted by Gasteiger charge is 2.33. The molecule has 0 amide bonds. The van der Waals surface area contributed by atoms with Gasteiger partial charge in [-0.3, -0.25) is 0 Å². The van der Waals surface area contributed by atoms with E-state index in [0.717, 1.165) is 6.07 Å². The number of rotatable bonds is 1. The molecule has 0 nitrogen and oxygen atoms in total. The summed E-state index contributed by atoms with van der Waals surface area (Å²) in [5.74, 6) is -2.86. The molecule has 0 saturated carbocycles. The van der Waals surface area contributed by atoms with Crippen LogP contribution in [-0.4, -0.2) is 5.51 Å². The molecule has 0 bridgehead atoms. The molecule has 0 N–H and O–H groups in total. The number of hydrogen-bond donors (Lipinski definition) is 0. The standard InChI is InChI=1S/C7HBr2F5S/c8-2-1-3(10)5(11)6(4(2)9)15-7(12,13)14/h1H. The molecule has 0 saturated heterocycles. The van der Waals surface area contributed by atoms with Gasteiger partial charge in [-0.2, -0.15) is 13.2 Å². The topological polar surface area (TPSA) is 0 Å². The number of benzene rings is 1. The van der Waals surface area contributed by atoms with Gasteiger partial charge < -0.3 is 0 Å². The van der Waals surface area contributed by atoms with Crippen molar-refractivity contribution in [1.82, 2.24) is 0 Å². The Bertz CT molecular complexity index is 364. The van der Waals surface area contributed by atoms with Crippen LogP contribution >= 0.6 is 43.6 Å². The minimum absolute atomic E-state index is 0.0214. The lowest BCUT2D eigenvalue weighted by atomic mass is 10.3. The Morgan fingerprint density at radius 2 is 1.67 bits per heavy atom. The summed E-state index contributed by atoms with van der Waals surface area (Å²) < 4.78 is 61.7. The van der Waals surface area contributed by atoms with Gasteiger partial charge in [-0.15, -0.1) is 0 Å². The Morgan fingerprint density at radius 3 is 2.13 bits per heavy atom. The number of alkyl halides is 3. The van der Waals surface area contributed by atoms with E-state index >= 15 is 0 Å². The van der Waals surface area contributed by atoms with Crippen molar-refractivity contribution in [2.24, 2.45) is 0 Å². The smallest absolute Gasteiger partial charge is 0.204 e. The molecule has 0 unspecified atom stereocenters. The zero-order chi connectivity index (χ0) is 11.8. The summed E-state index contributed by atoms with van der Waals surface area (Å²) in [4.78, 5) is -0.825. The Kier molecular flexibility index (Phi) is 4.05. The molecule has 0 aliphatic rings. The summed E-state index contributed by atoms with van der Waals surface area (Å²) in [6, 6.07) is 0.750. The van der Waals surface area contributed by atoms with E-state index < -0.39 is 33.8 Å². The maximum absolute atomic E-state index is 13.0. The minimum Gasteiger partial charge on any atom is -0.204 e. The Labute approximate surface area is 102 Å². The third-order valence-electron chi connectivity index (χ3n) is 1.29. The molecule has 1 aromatic rings. The van der Waals surface area contributed by atoms with Crippen molar-refractivity contribution < 1.29 is 22.0 Å². The van der Waals surface area contributed by atoms with Gasteiger partial charge in [0.2, 0.25) is 0 Å². The fraction of sp³-hybridized carbons (Fsp3) is 0.143. The molecule has 0 aromatic heterocycles. The summed E-state index contributed by atoms with van der Waals surface area (Å²) in [7, 11) is 0. The fourth-order valence-electron chi connectivity index (χ4n) is 0.757. The molecule has 8 heteroatoms. The van der Waals surface area contributed by atoms with Crippen LogP contribution in [0.2, 0.25) is 0 Å². The minimum atomic E-state index is -4.67.